The van der Waals surface area contributed by atoms with Gasteiger partial charge in [0.25, 0.3) is 0 Å². The number of aromatic nitrogens is 1. The fraction of sp³-hybridized carbons (Fsp3) is 0.400. The van der Waals surface area contributed by atoms with E-state index in [1.165, 1.54) is 0 Å². The molecule has 2 aromatic rings. The van der Waals surface area contributed by atoms with E-state index in [2.05, 4.69) is 24.1 Å². The Bertz CT molecular complexity index is 564. The summed E-state index contributed by atoms with van der Waals surface area (Å²) in [5.74, 6) is 1.96. The number of hydrogen-bond acceptors (Lipinski definition) is 5. The molecule has 0 unspecified atom stereocenters. The van der Waals surface area contributed by atoms with Gasteiger partial charge in [0.05, 0.1) is 25.5 Å². The first kappa shape index (κ1) is 14.4. The van der Waals surface area contributed by atoms with Crippen molar-refractivity contribution in [1.82, 2.24) is 10.3 Å². The smallest absolute Gasteiger partial charge is 0.229 e. The zero-order valence-corrected chi connectivity index (χ0v) is 12.3. The molecule has 0 saturated carbocycles. The monoisotopic (exact) mass is 276 g/mol. The van der Waals surface area contributed by atoms with Crippen LogP contribution in [0.25, 0.3) is 11.5 Å². The highest BCUT2D eigenvalue weighted by Crippen LogP contribution is 2.32. The van der Waals surface area contributed by atoms with Crippen LogP contribution in [-0.4, -0.2) is 25.2 Å². The molecular weight excluding hydrogens is 256 g/mol. The van der Waals surface area contributed by atoms with Crippen molar-refractivity contribution in [2.24, 2.45) is 0 Å². The number of nitrogens with zero attached hydrogens (tertiary/aromatic N) is 1. The summed E-state index contributed by atoms with van der Waals surface area (Å²) in [6.07, 6.45) is 1.66. The van der Waals surface area contributed by atoms with Gasteiger partial charge in [-0.1, -0.05) is 13.8 Å². The van der Waals surface area contributed by atoms with E-state index in [-0.39, 0.29) is 0 Å². The van der Waals surface area contributed by atoms with Gasteiger partial charge >= 0.3 is 0 Å². The van der Waals surface area contributed by atoms with Crippen molar-refractivity contribution in [3.8, 4) is 23.0 Å². The van der Waals surface area contributed by atoms with Crippen LogP contribution in [0, 0.1) is 0 Å². The number of benzene rings is 1. The normalized spacial score (nSPS) is 10.8. The molecule has 5 heteroatoms. The zero-order chi connectivity index (χ0) is 14.5. The first-order valence-corrected chi connectivity index (χ1v) is 6.54. The van der Waals surface area contributed by atoms with E-state index in [0.717, 1.165) is 17.0 Å². The van der Waals surface area contributed by atoms with E-state index in [4.69, 9.17) is 13.9 Å². The molecule has 0 aliphatic carbocycles. The van der Waals surface area contributed by atoms with E-state index in [1.54, 1.807) is 20.5 Å². The number of ether oxygens (including phenoxy) is 2. The van der Waals surface area contributed by atoms with E-state index in [0.29, 0.717) is 24.2 Å². The van der Waals surface area contributed by atoms with Gasteiger partial charge in [0.1, 0.15) is 17.8 Å². The Kier molecular flexibility index (Phi) is 4.63. The van der Waals surface area contributed by atoms with Crippen molar-refractivity contribution in [1.29, 1.82) is 0 Å². The zero-order valence-electron chi connectivity index (χ0n) is 12.3. The highest BCUT2D eigenvalue weighted by molar-refractivity contribution is 5.64. The van der Waals surface area contributed by atoms with E-state index < -0.39 is 0 Å². The molecule has 0 radical (unpaired) electrons. The van der Waals surface area contributed by atoms with Crippen LogP contribution in [0.3, 0.4) is 0 Å². The number of methoxy groups -OCH3 is 2. The van der Waals surface area contributed by atoms with Gasteiger partial charge in [-0.25, -0.2) is 4.98 Å². The fourth-order valence-electron chi connectivity index (χ4n) is 1.80. The van der Waals surface area contributed by atoms with Gasteiger partial charge in [-0.05, 0) is 12.1 Å². The Hall–Kier alpha value is -2.01. The summed E-state index contributed by atoms with van der Waals surface area (Å²) in [6.45, 7) is 4.86. The standard InChI is InChI=1S/C15H20N2O3/c1-10(2)16-8-11-9-20-15(17-11)13-6-5-12(18-3)7-14(13)19-4/h5-7,9-10,16H,8H2,1-4H3. The molecule has 2 rings (SSSR count). The van der Waals surface area contributed by atoms with Crippen molar-refractivity contribution >= 4 is 0 Å². The first-order valence-electron chi connectivity index (χ1n) is 6.54. The maximum absolute atomic E-state index is 5.53. The van der Waals surface area contributed by atoms with Gasteiger partial charge in [-0.3, -0.25) is 0 Å². The van der Waals surface area contributed by atoms with Crippen molar-refractivity contribution < 1.29 is 13.9 Å². The molecule has 1 aromatic carbocycles. The minimum Gasteiger partial charge on any atom is -0.497 e. The molecule has 1 N–H and O–H groups in total. The predicted octanol–water partition coefficient (Wildman–Crippen LogP) is 2.86. The Morgan fingerprint density at radius 2 is 2.05 bits per heavy atom. The van der Waals surface area contributed by atoms with Crippen molar-refractivity contribution in [3.63, 3.8) is 0 Å². The maximum Gasteiger partial charge on any atom is 0.229 e. The van der Waals surface area contributed by atoms with Gasteiger partial charge < -0.3 is 19.2 Å². The number of nitrogens with one attached hydrogen (secondary N) is 1. The van der Waals surface area contributed by atoms with Gasteiger partial charge in [-0.15, -0.1) is 0 Å². The Morgan fingerprint density at radius 1 is 1.25 bits per heavy atom. The second kappa shape index (κ2) is 6.43. The molecule has 0 bridgehead atoms. The molecular formula is C15H20N2O3. The largest absolute Gasteiger partial charge is 0.497 e. The molecule has 108 valence electrons. The molecule has 20 heavy (non-hydrogen) atoms. The lowest BCUT2D eigenvalue weighted by Crippen LogP contribution is -2.21. The molecule has 0 fully saturated rings. The first-order chi connectivity index (χ1) is 9.63. The van der Waals surface area contributed by atoms with Gasteiger partial charge in [0.2, 0.25) is 5.89 Å². The van der Waals surface area contributed by atoms with Crippen LogP contribution in [0.4, 0.5) is 0 Å². The molecule has 0 atom stereocenters. The topological polar surface area (TPSA) is 56.5 Å². The van der Waals surface area contributed by atoms with E-state index in [1.807, 2.05) is 18.2 Å². The average molecular weight is 276 g/mol. The van der Waals surface area contributed by atoms with Crippen LogP contribution in [0.1, 0.15) is 19.5 Å². The third-order valence-corrected chi connectivity index (χ3v) is 2.88. The number of rotatable bonds is 6. The van der Waals surface area contributed by atoms with Crippen molar-refractivity contribution in [2.45, 2.75) is 26.4 Å². The summed E-state index contributed by atoms with van der Waals surface area (Å²) in [6, 6.07) is 5.95. The van der Waals surface area contributed by atoms with Crippen LogP contribution in [0.2, 0.25) is 0 Å². The SMILES string of the molecule is COc1ccc(-c2nc(CNC(C)C)co2)c(OC)c1. The average Bonchev–Trinajstić information content (AvgIpc) is 2.93. The predicted molar refractivity (Wildman–Crippen MR) is 77.0 cm³/mol. The third-order valence-electron chi connectivity index (χ3n) is 2.88. The van der Waals surface area contributed by atoms with Crippen LogP contribution in [0.15, 0.2) is 28.9 Å². The Balaban J connectivity index is 2.23. The number of hydrogen-bond donors (Lipinski definition) is 1. The minimum absolute atomic E-state index is 0.408. The Morgan fingerprint density at radius 3 is 2.70 bits per heavy atom. The molecule has 0 amide bonds. The Labute approximate surface area is 118 Å². The van der Waals surface area contributed by atoms with E-state index >= 15 is 0 Å². The lowest BCUT2D eigenvalue weighted by Gasteiger charge is -2.07. The van der Waals surface area contributed by atoms with E-state index in [9.17, 15) is 0 Å². The van der Waals surface area contributed by atoms with Crippen molar-refractivity contribution in [3.05, 3.63) is 30.2 Å². The van der Waals surface area contributed by atoms with Gasteiger partial charge in [-0.2, -0.15) is 0 Å². The summed E-state index contributed by atoms with van der Waals surface area (Å²) in [5, 5.41) is 3.30. The summed E-state index contributed by atoms with van der Waals surface area (Å²) < 4.78 is 16.1. The van der Waals surface area contributed by atoms with Gasteiger partial charge in [0, 0.05) is 18.7 Å². The van der Waals surface area contributed by atoms with Gasteiger partial charge in [0.15, 0.2) is 0 Å². The number of oxazole rings is 1. The molecule has 1 aromatic heterocycles. The fourth-order valence-corrected chi connectivity index (χ4v) is 1.80. The molecule has 1 heterocycles. The lowest BCUT2D eigenvalue weighted by molar-refractivity contribution is 0.394. The summed E-state index contributed by atoms with van der Waals surface area (Å²) in [4.78, 5) is 4.47. The van der Waals surface area contributed by atoms with Crippen LogP contribution < -0.4 is 14.8 Å². The minimum atomic E-state index is 0.408. The van der Waals surface area contributed by atoms with Crippen LogP contribution in [-0.2, 0) is 6.54 Å². The third kappa shape index (κ3) is 3.30. The molecule has 0 saturated heterocycles. The summed E-state index contributed by atoms with van der Waals surface area (Å²) in [7, 11) is 3.23. The summed E-state index contributed by atoms with van der Waals surface area (Å²) in [5.41, 5.74) is 1.68. The molecule has 0 aliphatic heterocycles. The lowest BCUT2D eigenvalue weighted by atomic mass is 10.2. The second-order valence-electron chi connectivity index (χ2n) is 4.75. The van der Waals surface area contributed by atoms with Crippen molar-refractivity contribution in [2.75, 3.05) is 14.2 Å². The highest BCUT2D eigenvalue weighted by Gasteiger charge is 2.13. The maximum atomic E-state index is 5.53. The van der Waals surface area contributed by atoms with Crippen LogP contribution >= 0.6 is 0 Å². The van der Waals surface area contributed by atoms with Crippen LogP contribution in [0.5, 0.6) is 11.5 Å². The molecule has 5 nitrogen and oxygen atoms in total. The molecule has 0 spiro atoms. The summed E-state index contributed by atoms with van der Waals surface area (Å²) >= 11 is 0. The second-order valence-corrected chi connectivity index (χ2v) is 4.75. The quantitative estimate of drug-likeness (QED) is 0.879. The highest BCUT2D eigenvalue weighted by atomic mass is 16.5. The molecule has 0 aliphatic rings.